The molecule has 1 aliphatic rings. The van der Waals surface area contributed by atoms with E-state index in [1.807, 2.05) is 0 Å². The van der Waals surface area contributed by atoms with Gasteiger partial charge in [0.2, 0.25) is 5.95 Å². The molecule has 0 aromatic carbocycles. The number of methoxy groups -OCH3 is 1. The van der Waals surface area contributed by atoms with Crippen LogP contribution in [0.5, 0.6) is 5.75 Å². The van der Waals surface area contributed by atoms with E-state index in [4.69, 9.17) is 9.47 Å². The van der Waals surface area contributed by atoms with Gasteiger partial charge in [0.1, 0.15) is 0 Å². The summed E-state index contributed by atoms with van der Waals surface area (Å²) >= 11 is 0. The largest absolute Gasteiger partial charge is 0.494 e. The molecular weight excluding hydrogens is 218 g/mol. The lowest BCUT2D eigenvalue weighted by Crippen LogP contribution is -2.33. The van der Waals surface area contributed by atoms with E-state index in [9.17, 15) is 0 Å². The standard InChI is InChI=1S/C12H19N3O2/c1-12(3-5-17-6-4-12)9-15-11-13-7-10(16-2)8-14-11/h7-8H,3-6,9H2,1-2H3,(H,13,14,15). The second-order valence-corrected chi connectivity index (χ2v) is 4.72. The molecule has 2 rings (SSSR count). The number of aromatic nitrogens is 2. The van der Waals surface area contributed by atoms with Crippen LogP contribution in [-0.2, 0) is 4.74 Å². The SMILES string of the molecule is COc1cnc(NCC2(C)CCOCC2)nc1. The first-order chi connectivity index (χ1) is 8.22. The van der Waals surface area contributed by atoms with E-state index in [1.165, 1.54) is 0 Å². The number of ether oxygens (including phenoxy) is 2. The van der Waals surface area contributed by atoms with Crippen molar-refractivity contribution in [2.45, 2.75) is 19.8 Å². The number of rotatable bonds is 4. The Balaban J connectivity index is 1.87. The van der Waals surface area contributed by atoms with Crippen molar-refractivity contribution in [3.05, 3.63) is 12.4 Å². The van der Waals surface area contributed by atoms with E-state index in [0.717, 1.165) is 32.6 Å². The van der Waals surface area contributed by atoms with Crippen LogP contribution in [0.1, 0.15) is 19.8 Å². The zero-order valence-electron chi connectivity index (χ0n) is 10.4. The first kappa shape index (κ1) is 12.1. The van der Waals surface area contributed by atoms with Crippen LogP contribution >= 0.6 is 0 Å². The molecule has 94 valence electrons. The Labute approximate surface area is 102 Å². The molecule has 1 aliphatic heterocycles. The molecular formula is C12H19N3O2. The first-order valence-electron chi connectivity index (χ1n) is 5.89. The van der Waals surface area contributed by atoms with Crippen LogP contribution in [0.3, 0.4) is 0 Å². The molecule has 17 heavy (non-hydrogen) atoms. The highest BCUT2D eigenvalue weighted by Gasteiger charge is 2.27. The second-order valence-electron chi connectivity index (χ2n) is 4.72. The Hall–Kier alpha value is -1.36. The Morgan fingerprint density at radius 1 is 1.35 bits per heavy atom. The van der Waals surface area contributed by atoms with Crippen molar-refractivity contribution >= 4 is 5.95 Å². The quantitative estimate of drug-likeness (QED) is 0.864. The summed E-state index contributed by atoms with van der Waals surface area (Å²) in [6.07, 6.45) is 5.50. The predicted octanol–water partition coefficient (Wildman–Crippen LogP) is 1.71. The molecule has 0 atom stereocenters. The molecule has 0 unspecified atom stereocenters. The first-order valence-corrected chi connectivity index (χ1v) is 5.89. The highest BCUT2D eigenvalue weighted by molar-refractivity contribution is 5.27. The van der Waals surface area contributed by atoms with Crippen molar-refractivity contribution in [3.8, 4) is 5.75 Å². The van der Waals surface area contributed by atoms with Crippen molar-refractivity contribution in [2.24, 2.45) is 5.41 Å². The maximum atomic E-state index is 5.37. The molecule has 1 aromatic heterocycles. The molecule has 0 radical (unpaired) electrons. The van der Waals surface area contributed by atoms with Gasteiger partial charge in [0.15, 0.2) is 5.75 Å². The van der Waals surface area contributed by atoms with Gasteiger partial charge >= 0.3 is 0 Å². The lowest BCUT2D eigenvalue weighted by atomic mass is 9.82. The summed E-state index contributed by atoms with van der Waals surface area (Å²) in [6.45, 7) is 4.85. The molecule has 1 saturated heterocycles. The van der Waals surface area contributed by atoms with Gasteiger partial charge in [0.25, 0.3) is 0 Å². The maximum absolute atomic E-state index is 5.37. The smallest absolute Gasteiger partial charge is 0.222 e. The second kappa shape index (κ2) is 5.31. The molecule has 1 N–H and O–H groups in total. The summed E-state index contributed by atoms with van der Waals surface area (Å²) in [5.41, 5.74) is 0.279. The highest BCUT2D eigenvalue weighted by Crippen LogP contribution is 2.29. The Kier molecular flexibility index (Phi) is 3.78. The van der Waals surface area contributed by atoms with Gasteiger partial charge in [-0.3, -0.25) is 0 Å². The fourth-order valence-electron chi connectivity index (χ4n) is 1.85. The van der Waals surface area contributed by atoms with Gasteiger partial charge in [0.05, 0.1) is 19.5 Å². The van der Waals surface area contributed by atoms with Gasteiger partial charge in [-0.25, -0.2) is 9.97 Å². The van der Waals surface area contributed by atoms with Gasteiger partial charge in [-0.1, -0.05) is 6.92 Å². The Bertz CT molecular complexity index is 347. The zero-order valence-corrected chi connectivity index (χ0v) is 10.4. The van der Waals surface area contributed by atoms with Gasteiger partial charge in [-0.15, -0.1) is 0 Å². The highest BCUT2D eigenvalue weighted by atomic mass is 16.5. The average molecular weight is 237 g/mol. The van der Waals surface area contributed by atoms with E-state index < -0.39 is 0 Å². The van der Waals surface area contributed by atoms with Crippen molar-refractivity contribution in [1.82, 2.24) is 9.97 Å². The van der Waals surface area contributed by atoms with Crippen LogP contribution in [0.15, 0.2) is 12.4 Å². The predicted molar refractivity (Wildman–Crippen MR) is 65.2 cm³/mol. The molecule has 5 nitrogen and oxygen atoms in total. The third-order valence-electron chi connectivity index (χ3n) is 3.24. The van der Waals surface area contributed by atoms with Crippen LogP contribution < -0.4 is 10.1 Å². The van der Waals surface area contributed by atoms with E-state index in [2.05, 4.69) is 22.2 Å². The maximum Gasteiger partial charge on any atom is 0.222 e. The Morgan fingerprint density at radius 2 is 2.00 bits per heavy atom. The topological polar surface area (TPSA) is 56.3 Å². The fourth-order valence-corrected chi connectivity index (χ4v) is 1.85. The third-order valence-corrected chi connectivity index (χ3v) is 3.24. The molecule has 0 bridgehead atoms. The Morgan fingerprint density at radius 3 is 2.59 bits per heavy atom. The van der Waals surface area contributed by atoms with Gasteiger partial charge in [0, 0.05) is 19.8 Å². The summed E-state index contributed by atoms with van der Waals surface area (Å²) in [6, 6.07) is 0. The van der Waals surface area contributed by atoms with Crippen molar-refractivity contribution < 1.29 is 9.47 Å². The summed E-state index contributed by atoms with van der Waals surface area (Å²) in [5.74, 6) is 1.33. The van der Waals surface area contributed by atoms with Crippen LogP contribution in [0, 0.1) is 5.41 Å². The van der Waals surface area contributed by atoms with Crippen molar-refractivity contribution in [2.75, 3.05) is 32.2 Å². The van der Waals surface area contributed by atoms with Gasteiger partial charge < -0.3 is 14.8 Å². The minimum atomic E-state index is 0.279. The van der Waals surface area contributed by atoms with Crippen LogP contribution in [0.4, 0.5) is 5.95 Å². The molecule has 1 aromatic rings. The minimum Gasteiger partial charge on any atom is -0.494 e. The van der Waals surface area contributed by atoms with Gasteiger partial charge in [-0.2, -0.15) is 0 Å². The monoisotopic (exact) mass is 237 g/mol. The minimum absolute atomic E-state index is 0.279. The fraction of sp³-hybridized carbons (Fsp3) is 0.667. The molecule has 1 fully saturated rings. The number of anilines is 1. The van der Waals surface area contributed by atoms with Crippen molar-refractivity contribution in [1.29, 1.82) is 0 Å². The van der Waals surface area contributed by atoms with Gasteiger partial charge in [-0.05, 0) is 18.3 Å². The lowest BCUT2D eigenvalue weighted by molar-refractivity contribution is 0.0299. The normalized spacial score (nSPS) is 18.7. The van der Waals surface area contributed by atoms with E-state index in [0.29, 0.717) is 11.7 Å². The molecule has 5 heteroatoms. The number of nitrogens with zero attached hydrogens (tertiary/aromatic N) is 2. The molecule has 2 heterocycles. The number of hydrogen-bond donors (Lipinski definition) is 1. The van der Waals surface area contributed by atoms with E-state index >= 15 is 0 Å². The van der Waals surface area contributed by atoms with Crippen LogP contribution in [0.2, 0.25) is 0 Å². The molecule has 0 saturated carbocycles. The number of hydrogen-bond acceptors (Lipinski definition) is 5. The molecule has 0 aliphatic carbocycles. The zero-order chi connectivity index (χ0) is 12.1. The van der Waals surface area contributed by atoms with Crippen molar-refractivity contribution in [3.63, 3.8) is 0 Å². The molecule has 0 spiro atoms. The summed E-state index contributed by atoms with van der Waals surface area (Å²) < 4.78 is 10.4. The summed E-state index contributed by atoms with van der Waals surface area (Å²) in [5, 5.41) is 3.27. The summed E-state index contributed by atoms with van der Waals surface area (Å²) in [7, 11) is 1.61. The lowest BCUT2D eigenvalue weighted by Gasteiger charge is -2.33. The number of nitrogens with one attached hydrogen (secondary N) is 1. The average Bonchev–Trinajstić information content (AvgIpc) is 2.38. The van der Waals surface area contributed by atoms with Crippen LogP contribution in [-0.4, -0.2) is 36.8 Å². The third kappa shape index (κ3) is 3.30. The van der Waals surface area contributed by atoms with Crippen LogP contribution in [0.25, 0.3) is 0 Å². The summed E-state index contributed by atoms with van der Waals surface area (Å²) in [4.78, 5) is 8.37. The van der Waals surface area contributed by atoms with E-state index in [-0.39, 0.29) is 5.41 Å². The molecule has 0 amide bonds. The van der Waals surface area contributed by atoms with E-state index in [1.54, 1.807) is 19.5 Å².